The number of allylic oxidation sites excluding steroid dienone is 2. The summed E-state index contributed by atoms with van der Waals surface area (Å²) in [5.41, 5.74) is 0. The van der Waals surface area contributed by atoms with Crippen LogP contribution in [0.5, 0.6) is 5.75 Å². The van der Waals surface area contributed by atoms with E-state index in [1.807, 2.05) is 12.2 Å². The lowest BCUT2D eigenvalue weighted by molar-refractivity contribution is -0.140. The van der Waals surface area contributed by atoms with Gasteiger partial charge in [-0.15, -0.1) is 0 Å². The van der Waals surface area contributed by atoms with Crippen LogP contribution in [-0.4, -0.2) is 53.3 Å². The highest BCUT2D eigenvalue weighted by Gasteiger charge is 2.39. The van der Waals surface area contributed by atoms with E-state index in [9.17, 15) is 20.1 Å². The summed E-state index contributed by atoms with van der Waals surface area (Å²) in [5.74, 6) is -0.0305. The number of rotatable bonds is 11. The zero-order chi connectivity index (χ0) is 21.9. The van der Waals surface area contributed by atoms with E-state index in [0.29, 0.717) is 36.5 Å². The van der Waals surface area contributed by atoms with Crippen molar-refractivity contribution in [1.29, 1.82) is 0 Å². The number of esters is 1. The van der Waals surface area contributed by atoms with Gasteiger partial charge in [-0.25, -0.2) is 0 Å². The largest absolute Gasteiger partial charge is 0.491 e. The predicted molar refractivity (Wildman–Crippen MR) is 115 cm³/mol. The third kappa shape index (κ3) is 8.11. The molecule has 166 valence electrons. The third-order valence-electron chi connectivity index (χ3n) is 5.24. The van der Waals surface area contributed by atoms with Gasteiger partial charge in [0.15, 0.2) is 0 Å². The average molecular weight is 439 g/mol. The van der Waals surface area contributed by atoms with Crippen LogP contribution in [0, 0.1) is 11.8 Å². The van der Waals surface area contributed by atoms with E-state index < -0.39 is 18.3 Å². The van der Waals surface area contributed by atoms with Crippen LogP contribution in [0.4, 0.5) is 0 Å². The molecule has 0 aliphatic heterocycles. The fraction of sp³-hybridized carbons (Fsp3) is 0.522. The van der Waals surface area contributed by atoms with Crippen molar-refractivity contribution >= 4 is 17.6 Å². The molecule has 4 unspecified atom stereocenters. The normalized spacial score (nSPS) is 25.1. The maximum absolute atomic E-state index is 11.1. The maximum atomic E-state index is 11.1. The van der Waals surface area contributed by atoms with Gasteiger partial charge in [0.05, 0.1) is 19.3 Å². The van der Waals surface area contributed by atoms with E-state index >= 15 is 0 Å². The summed E-state index contributed by atoms with van der Waals surface area (Å²) in [5, 5.41) is 31.3. The van der Waals surface area contributed by atoms with Crippen LogP contribution in [0.2, 0.25) is 5.02 Å². The summed E-state index contributed by atoms with van der Waals surface area (Å²) in [4.78, 5) is 11.1. The van der Waals surface area contributed by atoms with Gasteiger partial charge in [0, 0.05) is 23.8 Å². The van der Waals surface area contributed by atoms with Crippen molar-refractivity contribution in [3.63, 3.8) is 0 Å². The molecule has 6 nitrogen and oxygen atoms in total. The molecule has 2 rings (SSSR count). The highest BCUT2D eigenvalue weighted by molar-refractivity contribution is 6.30. The lowest BCUT2D eigenvalue weighted by Gasteiger charge is -2.19. The van der Waals surface area contributed by atoms with E-state index in [-0.39, 0.29) is 24.4 Å². The van der Waals surface area contributed by atoms with Gasteiger partial charge in [-0.05, 0) is 43.4 Å². The Morgan fingerprint density at radius 2 is 2.10 bits per heavy atom. The number of aliphatic hydroxyl groups excluding tert-OH is 3. The zero-order valence-electron chi connectivity index (χ0n) is 17.2. The van der Waals surface area contributed by atoms with Gasteiger partial charge in [0.2, 0.25) is 0 Å². The molecule has 1 saturated carbocycles. The van der Waals surface area contributed by atoms with Crippen molar-refractivity contribution in [2.45, 2.75) is 50.4 Å². The highest BCUT2D eigenvalue weighted by atomic mass is 35.5. The Labute approximate surface area is 182 Å². The standard InChI is InChI=1S/C23H31ClO6/c1-29-23(28)10-5-3-2-4-9-19-20(22(27)14-21(19)26)12-11-17(25)15-30-18-8-6-7-16(24)13-18/h2,4,6-8,11-13,17,19-22,25-27H,3,5,9-10,14-15H2,1H3/t17?,19?,20-,21?,22?/m0/s1. The molecule has 1 aromatic rings. The molecule has 0 radical (unpaired) electrons. The van der Waals surface area contributed by atoms with Crippen LogP contribution in [0.1, 0.15) is 32.1 Å². The second kappa shape index (κ2) is 12.7. The second-order valence-corrected chi connectivity index (χ2v) is 7.94. The molecule has 0 spiro atoms. The molecular weight excluding hydrogens is 408 g/mol. The number of halogens is 1. The van der Waals surface area contributed by atoms with Gasteiger partial charge < -0.3 is 24.8 Å². The first-order valence-corrected chi connectivity index (χ1v) is 10.6. The number of unbranched alkanes of at least 4 members (excludes halogenated alkanes) is 1. The van der Waals surface area contributed by atoms with Crippen molar-refractivity contribution in [2.24, 2.45) is 11.8 Å². The summed E-state index contributed by atoms with van der Waals surface area (Å²) in [6.45, 7) is 0.0625. The monoisotopic (exact) mass is 438 g/mol. The molecule has 5 atom stereocenters. The van der Waals surface area contributed by atoms with E-state index in [4.69, 9.17) is 16.3 Å². The SMILES string of the molecule is COC(=O)CCCC=CCC1C(O)CC(O)[C@H]1C=CC(O)COc1cccc(Cl)c1. The second-order valence-electron chi connectivity index (χ2n) is 7.51. The van der Waals surface area contributed by atoms with Crippen molar-refractivity contribution in [1.82, 2.24) is 0 Å². The number of hydrogen-bond acceptors (Lipinski definition) is 6. The Bertz CT molecular complexity index is 719. The fourth-order valence-corrected chi connectivity index (χ4v) is 3.77. The molecule has 0 saturated heterocycles. The number of carbonyl (C=O) groups excluding carboxylic acids is 1. The van der Waals surface area contributed by atoms with E-state index in [1.165, 1.54) is 7.11 Å². The Balaban J connectivity index is 1.81. The number of hydrogen-bond donors (Lipinski definition) is 3. The van der Waals surface area contributed by atoms with Gasteiger partial charge in [-0.3, -0.25) is 4.79 Å². The number of aliphatic hydroxyl groups is 3. The van der Waals surface area contributed by atoms with Gasteiger partial charge in [-0.1, -0.05) is 42.0 Å². The first-order valence-electron chi connectivity index (χ1n) is 10.2. The molecule has 3 N–H and O–H groups in total. The van der Waals surface area contributed by atoms with Gasteiger partial charge in [0.25, 0.3) is 0 Å². The molecule has 1 aliphatic rings. The highest BCUT2D eigenvalue weighted by Crippen LogP contribution is 2.36. The van der Waals surface area contributed by atoms with Crippen LogP contribution in [0.15, 0.2) is 48.6 Å². The molecule has 0 bridgehead atoms. The number of benzene rings is 1. The first kappa shape index (κ1) is 24.4. The lowest BCUT2D eigenvalue weighted by atomic mass is 9.89. The fourth-order valence-electron chi connectivity index (χ4n) is 3.59. The molecule has 0 heterocycles. The minimum Gasteiger partial charge on any atom is -0.491 e. The Kier molecular flexibility index (Phi) is 10.4. The topological polar surface area (TPSA) is 96.2 Å². The van der Waals surface area contributed by atoms with Crippen LogP contribution in [0.25, 0.3) is 0 Å². The molecule has 0 amide bonds. The van der Waals surface area contributed by atoms with E-state index in [0.717, 1.165) is 6.42 Å². The minimum atomic E-state index is -0.844. The zero-order valence-corrected chi connectivity index (χ0v) is 17.9. The van der Waals surface area contributed by atoms with Crippen molar-refractivity contribution in [3.05, 3.63) is 53.6 Å². The average Bonchev–Trinajstić information content (AvgIpc) is 2.99. The molecule has 1 fully saturated rings. The molecule has 30 heavy (non-hydrogen) atoms. The van der Waals surface area contributed by atoms with Gasteiger partial charge >= 0.3 is 5.97 Å². The van der Waals surface area contributed by atoms with Crippen LogP contribution < -0.4 is 4.74 Å². The van der Waals surface area contributed by atoms with Crippen molar-refractivity contribution in [3.8, 4) is 5.75 Å². The summed E-state index contributed by atoms with van der Waals surface area (Å²) in [6.07, 6.45) is 7.98. The summed E-state index contributed by atoms with van der Waals surface area (Å²) < 4.78 is 10.1. The minimum absolute atomic E-state index is 0.0625. The number of methoxy groups -OCH3 is 1. The molecule has 1 aliphatic carbocycles. The molecule has 1 aromatic carbocycles. The van der Waals surface area contributed by atoms with Gasteiger partial charge in [-0.2, -0.15) is 0 Å². The first-order chi connectivity index (χ1) is 14.4. The summed E-state index contributed by atoms with van der Waals surface area (Å²) in [6, 6.07) is 6.94. The van der Waals surface area contributed by atoms with Crippen LogP contribution >= 0.6 is 11.6 Å². The number of carbonyl (C=O) groups is 1. The number of ether oxygens (including phenoxy) is 2. The van der Waals surface area contributed by atoms with Crippen molar-refractivity contribution in [2.75, 3.05) is 13.7 Å². The van der Waals surface area contributed by atoms with Gasteiger partial charge in [0.1, 0.15) is 18.5 Å². The van der Waals surface area contributed by atoms with E-state index in [2.05, 4.69) is 4.74 Å². The smallest absolute Gasteiger partial charge is 0.305 e. The quantitative estimate of drug-likeness (QED) is 0.279. The summed E-state index contributed by atoms with van der Waals surface area (Å²) in [7, 11) is 1.37. The third-order valence-corrected chi connectivity index (χ3v) is 5.48. The Hall–Kier alpha value is -1.86. The van der Waals surface area contributed by atoms with Crippen molar-refractivity contribution < 1.29 is 29.6 Å². The van der Waals surface area contributed by atoms with E-state index in [1.54, 1.807) is 36.4 Å². The maximum Gasteiger partial charge on any atom is 0.305 e. The Morgan fingerprint density at radius 1 is 1.30 bits per heavy atom. The van der Waals surface area contributed by atoms with Crippen LogP contribution in [-0.2, 0) is 9.53 Å². The molecule has 0 aromatic heterocycles. The van der Waals surface area contributed by atoms with Crippen LogP contribution in [0.3, 0.4) is 0 Å². The lowest BCUT2D eigenvalue weighted by Crippen LogP contribution is -2.21. The summed E-state index contributed by atoms with van der Waals surface area (Å²) >= 11 is 5.91. The molecular formula is C23H31ClO6. The Morgan fingerprint density at radius 3 is 2.83 bits per heavy atom. The predicted octanol–water partition coefficient (Wildman–Crippen LogP) is 3.28. The molecule has 7 heteroatoms.